The lowest BCUT2D eigenvalue weighted by molar-refractivity contribution is -0.118. The summed E-state index contributed by atoms with van der Waals surface area (Å²) in [7, 11) is 0. The van der Waals surface area contributed by atoms with Crippen LogP contribution in [0.4, 0.5) is 0 Å². The fraction of sp³-hybridized carbons (Fsp3) is 0.529. The van der Waals surface area contributed by atoms with Crippen LogP contribution in [0.5, 0.6) is 0 Å². The molecule has 24 heavy (non-hydrogen) atoms. The maximum atomic E-state index is 12.6. The van der Waals surface area contributed by atoms with Crippen molar-refractivity contribution in [2.75, 3.05) is 13.1 Å². The Morgan fingerprint density at radius 1 is 1.17 bits per heavy atom. The average Bonchev–Trinajstić information content (AvgIpc) is 2.94. The Kier molecular flexibility index (Phi) is 5.54. The molecule has 0 aromatic carbocycles. The zero-order valence-corrected chi connectivity index (χ0v) is 14.9. The standard InChI is InChI=1S/C17H25N5O2/c1-10(2)15-8-13(17(24)19-7-6-18-12(5)23)14-9-20-22(11(3)4)16(14)21-15/h8-11H,6-7H2,1-5H3,(H,18,23)(H,19,24). The topological polar surface area (TPSA) is 88.9 Å². The maximum Gasteiger partial charge on any atom is 0.252 e. The van der Waals surface area contributed by atoms with Crippen LogP contribution in [-0.4, -0.2) is 39.7 Å². The van der Waals surface area contributed by atoms with E-state index in [-0.39, 0.29) is 23.8 Å². The number of carbonyl (C=O) groups excluding carboxylic acids is 2. The van der Waals surface area contributed by atoms with Crippen molar-refractivity contribution in [2.45, 2.75) is 46.6 Å². The minimum absolute atomic E-state index is 0.115. The van der Waals surface area contributed by atoms with Gasteiger partial charge in [0, 0.05) is 31.7 Å². The van der Waals surface area contributed by atoms with Crippen LogP contribution in [-0.2, 0) is 4.79 Å². The van der Waals surface area contributed by atoms with Crippen molar-refractivity contribution in [3.63, 3.8) is 0 Å². The summed E-state index contributed by atoms with van der Waals surface area (Å²) in [5, 5.41) is 10.6. The third-order valence-electron chi connectivity index (χ3n) is 3.70. The third kappa shape index (κ3) is 3.90. The lowest BCUT2D eigenvalue weighted by atomic mass is 10.0. The van der Waals surface area contributed by atoms with Crippen LogP contribution in [0.3, 0.4) is 0 Å². The van der Waals surface area contributed by atoms with Crippen LogP contribution < -0.4 is 10.6 Å². The molecule has 2 amide bonds. The number of nitrogens with one attached hydrogen (secondary N) is 2. The third-order valence-corrected chi connectivity index (χ3v) is 3.70. The Balaban J connectivity index is 2.34. The number of aromatic nitrogens is 3. The fourth-order valence-electron chi connectivity index (χ4n) is 2.41. The Morgan fingerprint density at radius 2 is 1.83 bits per heavy atom. The van der Waals surface area contributed by atoms with E-state index in [9.17, 15) is 9.59 Å². The van der Waals surface area contributed by atoms with Crippen molar-refractivity contribution in [3.8, 4) is 0 Å². The van der Waals surface area contributed by atoms with Gasteiger partial charge in [-0.1, -0.05) is 13.8 Å². The molecule has 0 aliphatic carbocycles. The number of amides is 2. The van der Waals surface area contributed by atoms with E-state index >= 15 is 0 Å². The smallest absolute Gasteiger partial charge is 0.252 e. The summed E-state index contributed by atoms with van der Waals surface area (Å²) >= 11 is 0. The first-order chi connectivity index (χ1) is 11.3. The Labute approximate surface area is 141 Å². The van der Waals surface area contributed by atoms with Gasteiger partial charge in [0.2, 0.25) is 5.91 Å². The van der Waals surface area contributed by atoms with Crippen LogP contribution in [0, 0.1) is 0 Å². The molecule has 0 bridgehead atoms. The highest BCUT2D eigenvalue weighted by molar-refractivity contribution is 6.05. The molecule has 2 aromatic heterocycles. The summed E-state index contributed by atoms with van der Waals surface area (Å²) in [5.74, 6) is -0.0929. The molecule has 0 atom stereocenters. The Morgan fingerprint density at radius 3 is 2.42 bits per heavy atom. The van der Waals surface area contributed by atoms with Crippen LogP contribution in [0.1, 0.15) is 62.6 Å². The van der Waals surface area contributed by atoms with Crippen LogP contribution in [0.25, 0.3) is 11.0 Å². The van der Waals surface area contributed by atoms with E-state index in [1.165, 1.54) is 6.92 Å². The van der Waals surface area contributed by atoms with Crippen molar-refractivity contribution in [2.24, 2.45) is 0 Å². The van der Waals surface area contributed by atoms with Gasteiger partial charge in [-0.3, -0.25) is 9.59 Å². The molecule has 0 unspecified atom stereocenters. The minimum atomic E-state index is -0.182. The van der Waals surface area contributed by atoms with E-state index in [1.54, 1.807) is 6.20 Å². The second-order valence-corrected chi connectivity index (χ2v) is 6.41. The largest absolute Gasteiger partial charge is 0.355 e. The first-order valence-corrected chi connectivity index (χ1v) is 8.22. The molecule has 130 valence electrons. The number of hydrogen-bond donors (Lipinski definition) is 2. The van der Waals surface area contributed by atoms with Gasteiger partial charge in [-0.05, 0) is 25.8 Å². The van der Waals surface area contributed by atoms with E-state index in [4.69, 9.17) is 0 Å². The van der Waals surface area contributed by atoms with Gasteiger partial charge >= 0.3 is 0 Å². The number of nitrogens with zero attached hydrogens (tertiary/aromatic N) is 3. The summed E-state index contributed by atoms with van der Waals surface area (Å²) < 4.78 is 1.83. The van der Waals surface area contributed by atoms with Gasteiger partial charge in [0.25, 0.3) is 5.91 Å². The molecular weight excluding hydrogens is 306 g/mol. The first kappa shape index (κ1) is 17.9. The highest BCUT2D eigenvalue weighted by atomic mass is 16.2. The SMILES string of the molecule is CC(=O)NCCNC(=O)c1cc(C(C)C)nc2c1cnn2C(C)C. The zero-order chi connectivity index (χ0) is 17.9. The molecule has 0 saturated carbocycles. The summed E-state index contributed by atoms with van der Waals surface area (Å²) in [6.45, 7) is 10.4. The van der Waals surface area contributed by atoms with E-state index in [0.717, 1.165) is 16.7 Å². The van der Waals surface area contributed by atoms with E-state index in [2.05, 4.69) is 20.7 Å². The highest BCUT2D eigenvalue weighted by Gasteiger charge is 2.18. The average molecular weight is 331 g/mol. The molecule has 0 spiro atoms. The number of rotatable bonds is 6. The van der Waals surface area contributed by atoms with Crippen molar-refractivity contribution < 1.29 is 9.59 Å². The number of pyridine rings is 1. The molecule has 2 heterocycles. The summed E-state index contributed by atoms with van der Waals surface area (Å²) in [5.41, 5.74) is 2.15. The van der Waals surface area contributed by atoms with Crippen LogP contribution in [0.15, 0.2) is 12.3 Å². The van der Waals surface area contributed by atoms with Gasteiger partial charge < -0.3 is 10.6 Å². The normalized spacial score (nSPS) is 11.3. The van der Waals surface area contributed by atoms with E-state index < -0.39 is 0 Å². The van der Waals surface area contributed by atoms with Crippen molar-refractivity contribution in [3.05, 3.63) is 23.5 Å². The second-order valence-electron chi connectivity index (χ2n) is 6.41. The lowest BCUT2D eigenvalue weighted by Crippen LogP contribution is -2.33. The molecule has 0 aliphatic heterocycles. The molecule has 7 heteroatoms. The predicted molar refractivity (Wildman–Crippen MR) is 93.0 cm³/mol. The minimum Gasteiger partial charge on any atom is -0.355 e. The Bertz CT molecular complexity index is 749. The van der Waals surface area contributed by atoms with Crippen molar-refractivity contribution >= 4 is 22.8 Å². The van der Waals surface area contributed by atoms with Gasteiger partial charge in [-0.25, -0.2) is 9.67 Å². The lowest BCUT2D eigenvalue weighted by Gasteiger charge is -2.12. The predicted octanol–water partition coefficient (Wildman–Crippen LogP) is 2.00. The molecule has 0 radical (unpaired) electrons. The van der Waals surface area contributed by atoms with Gasteiger partial charge in [-0.15, -0.1) is 0 Å². The maximum absolute atomic E-state index is 12.6. The van der Waals surface area contributed by atoms with E-state index in [1.807, 2.05) is 38.4 Å². The van der Waals surface area contributed by atoms with Gasteiger partial charge in [0.1, 0.15) is 0 Å². The van der Waals surface area contributed by atoms with Crippen molar-refractivity contribution in [1.29, 1.82) is 0 Å². The Hall–Kier alpha value is -2.44. The number of hydrogen-bond acceptors (Lipinski definition) is 4. The molecular formula is C17H25N5O2. The van der Waals surface area contributed by atoms with Gasteiger partial charge in [-0.2, -0.15) is 5.10 Å². The molecule has 0 fully saturated rings. The van der Waals surface area contributed by atoms with Crippen molar-refractivity contribution in [1.82, 2.24) is 25.4 Å². The summed E-state index contributed by atoms with van der Waals surface area (Å²) in [4.78, 5) is 28.1. The molecule has 0 saturated heterocycles. The van der Waals surface area contributed by atoms with Crippen LogP contribution in [0.2, 0.25) is 0 Å². The fourth-order valence-corrected chi connectivity index (χ4v) is 2.41. The highest BCUT2D eigenvalue weighted by Crippen LogP contribution is 2.24. The summed E-state index contributed by atoms with van der Waals surface area (Å²) in [6.07, 6.45) is 1.69. The number of carbonyl (C=O) groups is 2. The first-order valence-electron chi connectivity index (χ1n) is 8.22. The van der Waals surface area contributed by atoms with Gasteiger partial charge in [0.15, 0.2) is 5.65 Å². The molecule has 2 aromatic rings. The van der Waals surface area contributed by atoms with Gasteiger partial charge in [0.05, 0.1) is 17.1 Å². The molecule has 0 aliphatic rings. The second kappa shape index (κ2) is 7.42. The number of fused-ring (bicyclic) bond motifs is 1. The monoisotopic (exact) mass is 331 g/mol. The molecule has 2 rings (SSSR count). The van der Waals surface area contributed by atoms with E-state index in [0.29, 0.717) is 18.7 Å². The summed E-state index contributed by atoms with van der Waals surface area (Å²) in [6, 6.07) is 1.99. The molecule has 2 N–H and O–H groups in total. The zero-order valence-electron chi connectivity index (χ0n) is 14.9. The molecule has 7 nitrogen and oxygen atoms in total. The van der Waals surface area contributed by atoms with Crippen LogP contribution >= 0.6 is 0 Å². The quantitative estimate of drug-likeness (QED) is 0.792.